The molecular weight excluding hydrogens is 387 g/mol. The standard InChI is InChI=1S/C21H31FN6O2/c1-13(29)24-15-4-8-17(9-5-15)26-21-23-11-18(22)19(27-21)28-10-2-3-14(12-28)20(30)25-16-6-7-16/h11,14-17H,2-10,12H2,1H3,(H,24,29)(H,25,30)(H,23,26,27)/t14-,15?,17?/m1/s1. The minimum Gasteiger partial charge on any atom is -0.354 e. The molecule has 164 valence electrons. The fraction of sp³-hybridized carbons (Fsp3) is 0.714. The zero-order valence-electron chi connectivity index (χ0n) is 17.5. The fourth-order valence-corrected chi connectivity index (χ4v) is 4.43. The molecule has 2 heterocycles. The molecule has 2 amide bonds. The van der Waals surface area contributed by atoms with Crippen LogP contribution < -0.4 is 20.9 Å². The summed E-state index contributed by atoms with van der Waals surface area (Å²) >= 11 is 0. The summed E-state index contributed by atoms with van der Waals surface area (Å²) in [5, 5.41) is 9.35. The Hall–Kier alpha value is -2.45. The van der Waals surface area contributed by atoms with Crippen LogP contribution in [0.15, 0.2) is 6.20 Å². The highest BCUT2D eigenvalue weighted by Gasteiger charge is 2.32. The quantitative estimate of drug-likeness (QED) is 0.653. The smallest absolute Gasteiger partial charge is 0.225 e. The van der Waals surface area contributed by atoms with Crippen LogP contribution in [0.1, 0.15) is 58.3 Å². The Morgan fingerprint density at radius 1 is 1.03 bits per heavy atom. The van der Waals surface area contributed by atoms with Gasteiger partial charge in [-0.2, -0.15) is 4.98 Å². The highest BCUT2D eigenvalue weighted by molar-refractivity contribution is 5.80. The molecule has 1 aromatic heterocycles. The third-order valence-corrected chi connectivity index (χ3v) is 6.21. The second-order valence-corrected chi connectivity index (χ2v) is 8.83. The molecule has 0 spiro atoms. The number of amides is 2. The Labute approximate surface area is 176 Å². The van der Waals surface area contributed by atoms with Crippen molar-refractivity contribution in [3.63, 3.8) is 0 Å². The van der Waals surface area contributed by atoms with Crippen molar-refractivity contribution in [2.45, 2.75) is 76.4 Å². The lowest BCUT2D eigenvalue weighted by molar-refractivity contribution is -0.125. The van der Waals surface area contributed by atoms with Crippen molar-refractivity contribution in [1.82, 2.24) is 20.6 Å². The van der Waals surface area contributed by atoms with E-state index in [9.17, 15) is 14.0 Å². The molecule has 1 saturated heterocycles. The van der Waals surface area contributed by atoms with Crippen molar-refractivity contribution in [3.05, 3.63) is 12.0 Å². The molecule has 3 fully saturated rings. The van der Waals surface area contributed by atoms with Gasteiger partial charge in [-0.3, -0.25) is 9.59 Å². The summed E-state index contributed by atoms with van der Waals surface area (Å²) in [6.07, 6.45) is 8.58. The van der Waals surface area contributed by atoms with Gasteiger partial charge in [0, 0.05) is 38.1 Å². The third-order valence-electron chi connectivity index (χ3n) is 6.21. The molecule has 1 atom stereocenters. The number of halogens is 1. The maximum absolute atomic E-state index is 14.5. The van der Waals surface area contributed by atoms with E-state index in [1.165, 1.54) is 6.20 Å². The average Bonchev–Trinajstić information content (AvgIpc) is 3.54. The molecule has 3 N–H and O–H groups in total. The number of anilines is 2. The van der Waals surface area contributed by atoms with Gasteiger partial charge >= 0.3 is 0 Å². The summed E-state index contributed by atoms with van der Waals surface area (Å²) in [6, 6.07) is 0.754. The Balaban J connectivity index is 1.36. The summed E-state index contributed by atoms with van der Waals surface area (Å²) in [5.41, 5.74) is 0. The Kier molecular flexibility index (Phi) is 6.34. The number of nitrogens with one attached hydrogen (secondary N) is 3. The first-order chi connectivity index (χ1) is 14.5. The van der Waals surface area contributed by atoms with Crippen LogP contribution in [0.3, 0.4) is 0 Å². The van der Waals surface area contributed by atoms with Crippen molar-refractivity contribution in [2.24, 2.45) is 5.92 Å². The maximum Gasteiger partial charge on any atom is 0.225 e. The van der Waals surface area contributed by atoms with E-state index in [1.807, 2.05) is 4.90 Å². The monoisotopic (exact) mass is 418 g/mol. The number of carbonyl (C=O) groups is 2. The van der Waals surface area contributed by atoms with Crippen LogP contribution in [0.25, 0.3) is 0 Å². The van der Waals surface area contributed by atoms with Crippen LogP contribution in [0.5, 0.6) is 0 Å². The van der Waals surface area contributed by atoms with Crippen LogP contribution in [-0.2, 0) is 9.59 Å². The number of hydrogen-bond acceptors (Lipinski definition) is 6. The Morgan fingerprint density at radius 2 is 1.70 bits per heavy atom. The molecule has 2 aliphatic carbocycles. The predicted octanol–water partition coefficient (Wildman–Crippen LogP) is 1.97. The number of nitrogens with zero attached hydrogens (tertiary/aromatic N) is 3. The molecule has 0 radical (unpaired) electrons. The van der Waals surface area contributed by atoms with Crippen LogP contribution in [0.2, 0.25) is 0 Å². The summed E-state index contributed by atoms with van der Waals surface area (Å²) in [5.74, 6) is 0.171. The van der Waals surface area contributed by atoms with E-state index >= 15 is 0 Å². The molecule has 30 heavy (non-hydrogen) atoms. The lowest BCUT2D eigenvalue weighted by atomic mass is 9.91. The Bertz CT molecular complexity index is 779. The summed E-state index contributed by atoms with van der Waals surface area (Å²) in [6.45, 7) is 2.70. The first-order valence-corrected chi connectivity index (χ1v) is 11.1. The first kappa shape index (κ1) is 20.8. The highest BCUT2D eigenvalue weighted by Crippen LogP contribution is 2.27. The molecule has 1 aromatic rings. The number of carbonyl (C=O) groups excluding carboxylic acids is 2. The molecule has 2 saturated carbocycles. The molecular formula is C21H31FN6O2. The van der Waals surface area contributed by atoms with Gasteiger partial charge in [0.05, 0.1) is 12.1 Å². The van der Waals surface area contributed by atoms with Gasteiger partial charge in [0.2, 0.25) is 17.8 Å². The molecule has 8 nitrogen and oxygen atoms in total. The van der Waals surface area contributed by atoms with Gasteiger partial charge < -0.3 is 20.9 Å². The maximum atomic E-state index is 14.5. The molecule has 4 rings (SSSR count). The molecule has 9 heteroatoms. The van der Waals surface area contributed by atoms with E-state index in [4.69, 9.17) is 0 Å². The van der Waals surface area contributed by atoms with E-state index in [0.29, 0.717) is 25.1 Å². The normalized spacial score (nSPS) is 26.7. The largest absolute Gasteiger partial charge is 0.354 e. The number of aromatic nitrogens is 2. The topological polar surface area (TPSA) is 99.3 Å². The lowest BCUT2D eigenvalue weighted by Gasteiger charge is -2.33. The third kappa shape index (κ3) is 5.37. The second kappa shape index (κ2) is 9.14. The van der Waals surface area contributed by atoms with Crippen molar-refractivity contribution >= 4 is 23.6 Å². The molecule has 3 aliphatic rings. The average molecular weight is 419 g/mol. The van der Waals surface area contributed by atoms with Crippen LogP contribution in [0.4, 0.5) is 16.2 Å². The van der Waals surface area contributed by atoms with Gasteiger partial charge in [-0.15, -0.1) is 0 Å². The van der Waals surface area contributed by atoms with Gasteiger partial charge in [-0.1, -0.05) is 0 Å². The highest BCUT2D eigenvalue weighted by atomic mass is 19.1. The Morgan fingerprint density at radius 3 is 2.40 bits per heavy atom. The summed E-state index contributed by atoms with van der Waals surface area (Å²) in [7, 11) is 0. The van der Waals surface area contributed by atoms with Gasteiger partial charge in [-0.25, -0.2) is 9.37 Å². The van der Waals surface area contributed by atoms with Crippen molar-refractivity contribution in [2.75, 3.05) is 23.3 Å². The van der Waals surface area contributed by atoms with Gasteiger partial charge in [0.25, 0.3) is 0 Å². The van der Waals surface area contributed by atoms with E-state index in [0.717, 1.165) is 51.4 Å². The zero-order valence-corrected chi connectivity index (χ0v) is 17.5. The molecule has 0 aromatic carbocycles. The van der Waals surface area contributed by atoms with E-state index in [1.54, 1.807) is 6.92 Å². The molecule has 0 bridgehead atoms. The lowest BCUT2D eigenvalue weighted by Crippen LogP contribution is -2.44. The van der Waals surface area contributed by atoms with Gasteiger partial charge in [0.15, 0.2) is 11.6 Å². The van der Waals surface area contributed by atoms with Crippen LogP contribution >= 0.6 is 0 Å². The molecule has 0 unspecified atom stereocenters. The number of rotatable bonds is 6. The number of hydrogen-bond donors (Lipinski definition) is 3. The van der Waals surface area contributed by atoms with Gasteiger partial charge in [-0.05, 0) is 51.4 Å². The number of piperidine rings is 1. The minimum atomic E-state index is -0.460. The first-order valence-electron chi connectivity index (χ1n) is 11.1. The predicted molar refractivity (Wildman–Crippen MR) is 112 cm³/mol. The fourth-order valence-electron chi connectivity index (χ4n) is 4.43. The van der Waals surface area contributed by atoms with Crippen LogP contribution in [0, 0.1) is 11.7 Å². The summed E-state index contributed by atoms with van der Waals surface area (Å²) in [4.78, 5) is 34.1. The van der Waals surface area contributed by atoms with Crippen molar-refractivity contribution in [1.29, 1.82) is 0 Å². The van der Waals surface area contributed by atoms with Crippen molar-refractivity contribution in [3.8, 4) is 0 Å². The molecule has 1 aliphatic heterocycles. The second-order valence-electron chi connectivity index (χ2n) is 8.83. The van der Waals surface area contributed by atoms with Gasteiger partial charge in [0.1, 0.15) is 0 Å². The van der Waals surface area contributed by atoms with Crippen LogP contribution in [-0.4, -0.2) is 53.0 Å². The minimum absolute atomic E-state index is 0.00330. The summed E-state index contributed by atoms with van der Waals surface area (Å²) < 4.78 is 14.5. The van der Waals surface area contributed by atoms with Crippen molar-refractivity contribution < 1.29 is 14.0 Å². The van der Waals surface area contributed by atoms with E-state index in [-0.39, 0.29) is 35.6 Å². The zero-order chi connectivity index (χ0) is 21.1. The van der Waals surface area contributed by atoms with E-state index < -0.39 is 5.82 Å². The van der Waals surface area contributed by atoms with E-state index in [2.05, 4.69) is 25.9 Å². The SMILES string of the molecule is CC(=O)NC1CCC(Nc2ncc(F)c(N3CCC[C@@H](C(=O)NC4CC4)C3)n2)CC1.